The van der Waals surface area contributed by atoms with Crippen molar-refractivity contribution in [2.24, 2.45) is 0 Å². The van der Waals surface area contributed by atoms with Gasteiger partial charge in [-0.1, -0.05) is 12.1 Å². The molecule has 0 bridgehead atoms. The van der Waals surface area contributed by atoms with E-state index in [9.17, 15) is 9.90 Å². The number of nitrogens with zero attached hydrogens (tertiary/aromatic N) is 1. The van der Waals surface area contributed by atoms with Gasteiger partial charge in [0.15, 0.2) is 0 Å². The van der Waals surface area contributed by atoms with Gasteiger partial charge in [-0.3, -0.25) is 4.79 Å². The molecule has 0 aliphatic carbocycles. The third-order valence-corrected chi connectivity index (χ3v) is 2.27. The molecule has 1 rings (SSSR count). The lowest BCUT2D eigenvalue weighted by Crippen LogP contribution is -2.43. The Balaban J connectivity index is 3.05. The van der Waals surface area contributed by atoms with Gasteiger partial charge >= 0.3 is 0 Å². The fourth-order valence-corrected chi connectivity index (χ4v) is 1.43. The third-order valence-electron chi connectivity index (χ3n) is 2.27. The summed E-state index contributed by atoms with van der Waals surface area (Å²) in [5, 5.41) is 9.65. The SMILES string of the molecule is COc1ccccc1N(C)C(=O)C(C)(C)O. The van der Waals surface area contributed by atoms with Gasteiger partial charge in [-0.15, -0.1) is 0 Å². The maximum absolute atomic E-state index is 11.9. The number of methoxy groups -OCH3 is 1. The molecule has 1 N–H and O–H groups in total. The second kappa shape index (κ2) is 4.53. The Kier molecular flexibility index (Phi) is 3.55. The predicted octanol–water partition coefficient (Wildman–Crippen LogP) is 1.43. The van der Waals surface area contributed by atoms with E-state index < -0.39 is 5.60 Å². The van der Waals surface area contributed by atoms with E-state index in [4.69, 9.17) is 4.74 Å². The van der Waals surface area contributed by atoms with Gasteiger partial charge in [-0.05, 0) is 26.0 Å². The summed E-state index contributed by atoms with van der Waals surface area (Å²) in [4.78, 5) is 13.2. The van der Waals surface area contributed by atoms with Crippen molar-refractivity contribution in [3.05, 3.63) is 24.3 Å². The van der Waals surface area contributed by atoms with Crippen molar-refractivity contribution in [1.82, 2.24) is 0 Å². The second-order valence-corrected chi connectivity index (χ2v) is 4.10. The van der Waals surface area contributed by atoms with Crippen molar-refractivity contribution < 1.29 is 14.6 Å². The van der Waals surface area contributed by atoms with Crippen LogP contribution in [-0.4, -0.2) is 30.8 Å². The first-order chi connectivity index (χ1) is 7.38. The summed E-state index contributed by atoms with van der Waals surface area (Å²) in [6, 6.07) is 7.17. The number of amides is 1. The zero-order valence-corrected chi connectivity index (χ0v) is 10.0. The fraction of sp³-hybridized carbons (Fsp3) is 0.417. The van der Waals surface area contributed by atoms with Crippen LogP contribution >= 0.6 is 0 Å². The van der Waals surface area contributed by atoms with E-state index in [-0.39, 0.29) is 5.91 Å². The van der Waals surface area contributed by atoms with Gasteiger partial charge in [0.25, 0.3) is 5.91 Å². The molecule has 4 nitrogen and oxygen atoms in total. The van der Waals surface area contributed by atoms with Crippen LogP contribution < -0.4 is 9.64 Å². The Labute approximate surface area is 95.5 Å². The largest absolute Gasteiger partial charge is 0.495 e. The normalized spacial score (nSPS) is 11.1. The van der Waals surface area contributed by atoms with E-state index in [1.807, 2.05) is 12.1 Å². The van der Waals surface area contributed by atoms with E-state index >= 15 is 0 Å². The van der Waals surface area contributed by atoms with Crippen LogP contribution in [-0.2, 0) is 4.79 Å². The molecule has 16 heavy (non-hydrogen) atoms. The number of anilines is 1. The van der Waals surface area contributed by atoms with Crippen LogP contribution in [0.15, 0.2) is 24.3 Å². The summed E-state index contributed by atoms with van der Waals surface area (Å²) in [6.07, 6.45) is 0. The lowest BCUT2D eigenvalue weighted by molar-refractivity contribution is -0.133. The lowest BCUT2D eigenvalue weighted by Gasteiger charge is -2.26. The first kappa shape index (κ1) is 12.5. The molecule has 0 heterocycles. The molecule has 0 aromatic heterocycles. The van der Waals surface area contributed by atoms with Crippen LogP contribution in [0.5, 0.6) is 5.75 Å². The number of rotatable bonds is 3. The molecule has 1 aromatic rings. The zero-order valence-electron chi connectivity index (χ0n) is 10.0. The highest BCUT2D eigenvalue weighted by Gasteiger charge is 2.29. The molecule has 0 saturated heterocycles. The number of carbonyl (C=O) groups is 1. The van der Waals surface area contributed by atoms with Crippen LogP contribution in [0.2, 0.25) is 0 Å². The molecule has 0 atom stereocenters. The predicted molar refractivity (Wildman–Crippen MR) is 62.7 cm³/mol. The number of ether oxygens (including phenoxy) is 1. The summed E-state index contributed by atoms with van der Waals surface area (Å²) in [5.74, 6) is 0.222. The second-order valence-electron chi connectivity index (χ2n) is 4.10. The molecule has 0 fully saturated rings. The molecule has 4 heteroatoms. The molecule has 1 amide bonds. The van der Waals surface area contributed by atoms with Gasteiger partial charge in [-0.25, -0.2) is 0 Å². The minimum Gasteiger partial charge on any atom is -0.495 e. The summed E-state index contributed by atoms with van der Waals surface area (Å²) >= 11 is 0. The molecular weight excluding hydrogens is 206 g/mol. The summed E-state index contributed by atoms with van der Waals surface area (Å²) in [6.45, 7) is 2.92. The van der Waals surface area contributed by atoms with Crippen LogP contribution in [0.25, 0.3) is 0 Å². The number of aliphatic hydroxyl groups is 1. The van der Waals surface area contributed by atoms with Crippen LogP contribution in [0.1, 0.15) is 13.8 Å². The topological polar surface area (TPSA) is 49.8 Å². The van der Waals surface area contributed by atoms with E-state index in [1.165, 1.54) is 18.7 Å². The van der Waals surface area contributed by atoms with E-state index in [1.54, 1.807) is 26.3 Å². The minimum absolute atomic E-state index is 0.378. The highest BCUT2D eigenvalue weighted by atomic mass is 16.5. The molecule has 0 aliphatic heterocycles. The fourth-order valence-electron chi connectivity index (χ4n) is 1.43. The van der Waals surface area contributed by atoms with Crippen molar-refractivity contribution in [2.75, 3.05) is 19.1 Å². The lowest BCUT2D eigenvalue weighted by atomic mass is 10.1. The number of carbonyl (C=O) groups excluding carboxylic acids is 1. The maximum atomic E-state index is 11.9. The number of para-hydroxylation sites is 2. The first-order valence-electron chi connectivity index (χ1n) is 5.01. The third kappa shape index (κ3) is 2.52. The van der Waals surface area contributed by atoms with Crippen LogP contribution in [0.3, 0.4) is 0 Å². The highest BCUT2D eigenvalue weighted by molar-refractivity contribution is 5.99. The molecule has 0 radical (unpaired) electrons. The molecule has 0 saturated carbocycles. The van der Waals surface area contributed by atoms with Crippen LogP contribution in [0.4, 0.5) is 5.69 Å². The zero-order chi connectivity index (χ0) is 12.3. The number of hydrogen-bond acceptors (Lipinski definition) is 3. The summed E-state index contributed by atoms with van der Waals surface area (Å²) < 4.78 is 5.15. The Hall–Kier alpha value is -1.55. The Bertz CT molecular complexity index is 382. The summed E-state index contributed by atoms with van der Waals surface area (Å²) in [7, 11) is 3.15. The van der Waals surface area contributed by atoms with Gasteiger partial charge in [0.05, 0.1) is 12.8 Å². The van der Waals surface area contributed by atoms with Gasteiger partial charge in [-0.2, -0.15) is 0 Å². The van der Waals surface area contributed by atoms with Crippen molar-refractivity contribution in [3.63, 3.8) is 0 Å². The number of benzene rings is 1. The maximum Gasteiger partial charge on any atom is 0.258 e. The van der Waals surface area contributed by atoms with Crippen molar-refractivity contribution in [2.45, 2.75) is 19.4 Å². The number of hydrogen-bond donors (Lipinski definition) is 1. The van der Waals surface area contributed by atoms with E-state index in [0.29, 0.717) is 11.4 Å². The quantitative estimate of drug-likeness (QED) is 0.843. The van der Waals surface area contributed by atoms with E-state index in [2.05, 4.69) is 0 Å². The molecule has 0 spiro atoms. The molecule has 0 unspecified atom stereocenters. The smallest absolute Gasteiger partial charge is 0.258 e. The number of likely N-dealkylation sites (N-methyl/N-ethyl adjacent to an activating group) is 1. The van der Waals surface area contributed by atoms with E-state index in [0.717, 1.165) is 0 Å². The average molecular weight is 223 g/mol. The Morgan fingerprint density at radius 2 is 1.94 bits per heavy atom. The molecular formula is C12H17NO3. The molecule has 1 aromatic carbocycles. The summed E-state index contributed by atoms with van der Waals surface area (Å²) in [5.41, 5.74) is -0.757. The van der Waals surface area contributed by atoms with Gasteiger partial charge in [0.1, 0.15) is 11.4 Å². The monoisotopic (exact) mass is 223 g/mol. The van der Waals surface area contributed by atoms with Gasteiger partial charge in [0.2, 0.25) is 0 Å². The first-order valence-corrected chi connectivity index (χ1v) is 5.01. The standard InChI is InChI=1S/C12H17NO3/c1-12(2,15)11(14)13(3)9-7-5-6-8-10(9)16-4/h5-8,15H,1-4H3. The minimum atomic E-state index is -1.39. The van der Waals surface area contributed by atoms with Crippen molar-refractivity contribution >= 4 is 11.6 Å². The van der Waals surface area contributed by atoms with Crippen molar-refractivity contribution in [1.29, 1.82) is 0 Å². The average Bonchev–Trinajstić information content (AvgIpc) is 2.25. The van der Waals surface area contributed by atoms with Crippen molar-refractivity contribution in [3.8, 4) is 5.75 Å². The Morgan fingerprint density at radius 3 is 2.44 bits per heavy atom. The van der Waals surface area contributed by atoms with Gasteiger partial charge in [0, 0.05) is 7.05 Å². The molecule has 0 aliphatic rings. The van der Waals surface area contributed by atoms with Crippen LogP contribution in [0, 0.1) is 0 Å². The van der Waals surface area contributed by atoms with Gasteiger partial charge < -0.3 is 14.7 Å². The molecule has 88 valence electrons. The highest BCUT2D eigenvalue weighted by Crippen LogP contribution is 2.27. The Morgan fingerprint density at radius 1 is 1.38 bits per heavy atom.